The van der Waals surface area contributed by atoms with Crippen molar-refractivity contribution < 1.29 is 9.90 Å². The highest BCUT2D eigenvalue weighted by Crippen LogP contribution is 2.02. The van der Waals surface area contributed by atoms with Crippen molar-refractivity contribution in [3.05, 3.63) is 58.5 Å². The molecule has 19 heavy (non-hydrogen) atoms. The third-order valence-corrected chi connectivity index (χ3v) is 2.43. The summed E-state index contributed by atoms with van der Waals surface area (Å²) in [6.07, 6.45) is 0. The molecular formula is C13H13N3O3. The number of aliphatic hydroxyl groups is 1. The van der Waals surface area contributed by atoms with Gasteiger partial charge in [0.05, 0.1) is 12.3 Å². The predicted molar refractivity (Wildman–Crippen MR) is 69.3 cm³/mol. The lowest BCUT2D eigenvalue weighted by Crippen LogP contribution is -2.30. The molecule has 0 aliphatic heterocycles. The molecule has 1 aromatic carbocycles. The molecule has 2 N–H and O–H groups in total. The number of nitrogens with zero attached hydrogens (tertiary/aromatic N) is 2. The van der Waals surface area contributed by atoms with Crippen LogP contribution in [0.2, 0.25) is 0 Å². The van der Waals surface area contributed by atoms with E-state index in [9.17, 15) is 9.59 Å². The number of benzene rings is 1. The predicted octanol–water partition coefficient (Wildman–Crippen LogP) is -0.0454. The minimum absolute atomic E-state index is 0.122. The van der Waals surface area contributed by atoms with Gasteiger partial charge < -0.3 is 10.4 Å². The largest absolute Gasteiger partial charge is 0.395 e. The summed E-state index contributed by atoms with van der Waals surface area (Å²) in [5, 5.41) is 15.1. The number of para-hydroxylation sites is 1. The molecule has 0 aliphatic carbocycles. The van der Waals surface area contributed by atoms with E-state index < -0.39 is 5.91 Å². The molecule has 6 nitrogen and oxygen atoms in total. The lowest BCUT2D eigenvalue weighted by atomic mass is 10.3. The Morgan fingerprint density at radius 1 is 1.21 bits per heavy atom. The van der Waals surface area contributed by atoms with Crippen molar-refractivity contribution in [3.63, 3.8) is 0 Å². The molecule has 0 saturated carbocycles. The minimum Gasteiger partial charge on any atom is -0.395 e. The number of aliphatic hydroxyl groups excluding tert-OH is 1. The van der Waals surface area contributed by atoms with Crippen LogP contribution < -0.4 is 10.9 Å². The first-order chi connectivity index (χ1) is 9.22. The molecule has 6 heteroatoms. The summed E-state index contributed by atoms with van der Waals surface area (Å²) >= 11 is 0. The highest BCUT2D eigenvalue weighted by atomic mass is 16.3. The Bertz CT molecular complexity index is 623. The summed E-state index contributed by atoms with van der Waals surface area (Å²) in [7, 11) is 0. The second-order valence-electron chi connectivity index (χ2n) is 3.78. The number of aromatic nitrogens is 2. The maximum absolute atomic E-state index is 11.7. The Labute approximate surface area is 109 Å². The number of carbonyl (C=O) groups excluding carboxylic acids is 1. The molecule has 0 bridgehead atoms. The highest BCUT2D eigenvalue weighted by molar-refractivity contribution is 5.92. The van der Waals surface area contributed by atoms with Crippen molar-refractivity contribution in [1.29, 1.82) is 0 Å². The average molecular weight is 259 g/mol. The average Bonchev–Trinajstić information content (AvgIpc) is 2.46. The zero-order chi connectivity index (χ0) is 13.7. The van der Waals surface area contributed by atoms with Gasteiger partial charge in [0.2, 0.25) is 0 Å². The molecule has 1 amide bonds. The van der Waals surface area contributed by atoms with E-state index in [1.54, 1.807) is 24.3 Å². The SMILES string of the molecule is O=C(NCCO)c1ccc(=O)n(-c2ccccc2)n1. The maximum Gasteiger partial charge on any atom is 0.271 e. The summed E-state index contributed by atoms with van der Waals surface area (Å²) < 4.78 is 1.16. The Morgan fingerprint density at radius 3 is 2.63 bits per heavy atom. The molecule has 0 saturated heterocycles. The van der Waals surface area contributed by atoms with Crippen LogP contribution in [0.5, 0.6) is 0 Å². The molecule has 0 aliphatic rings. The van der Waals surface area contributed by atoms with E-state index in [2.05, 4.69) is 10.4 Å². The van der Waals surface area contributed by atoms with Crippen LogP contribution in [0.25, 0.3) is 5.69 Å². The molecule has 2 aromatic rings. The van der Waals surface area contributed by atoms with Crippen LogP contribution in [0, 0.1) is 0 Å². The van der Waals surface area contributed by atoms with Crippen molar-refractivity contribution in [3.8, 4) is 5.69 Å². The minimum atomic E-state index is -0.432. The van der Waals surface area contributed by atoms with Gasteiger partial charge in [-0.15, -0.1) is 0 Å². The van der Waals surface area contributed by atoms with Crippen LogP contribution in [0.15, 0.2) is 47.3 Å². The fraction of sp³-hybridized carbons (Fsp3) is 0.154. The number of hydrogen-bond acceptors (Lipinski definition) is 4. The normalized spacial score (nSPS) is 10.2. The molecule has 0 unspecified atom stereocenters. The van der Waals surface area contributed by atoms with E-state index in [4.69, 9.17) is 5.11 Å². The fourth-order valence-corrected chi connectivity index (χ4v) is 1.55. The van der Waals surface area contributed by atoms with Gasteiger partial charge in [0, 0.05) is 12.6 Å². The topological polar surface area (TPSA) is 84.2 Å². The second-order valence-corrected chi connectivity index (χ2v) is 3.78. The number of carbonyl (C=O) groups is 1. The number of hydrogen-bond donors (Lipinski definition) is 2. The van der Waals surface area contributed by atoms with Gasteiger partial charge in [0.15, 0.2) is 0 Å². The molecular weight excluding hydrogens is 246 g/mol. The van der Waals surface area contributed by atoms with Crippen molar-refractivity contribution in [2.75, 3.05) is 13.2 Å². The fourth-order valence-electron chi connectivity index (χ4n) is 1.55. The third kappa shape index (κ3) is 3.05. The Balaban J connectivity index is 2.35. The van der Waals surface area contributed by atoms with Gasteiger partial charge in [-0.3, -0.25) is 9.59 Å². The zero-order valence-corrected chi connectivity index (χ0v) is 10.1. The molecule has 0 spiro atoms. The van der Waals surface area contributed by atoms with E-state index in [1.165, 1.54) is 12.1 Å². The monoisotopic (exact) mass is 259 g/mol. The molecule has 1 aromatic heterocycles. The van der Waals surface area contributed by atoms with Crippen molar-refractivity contribution >= 4 is 5.91 Å². The lowest BCUT2D eigenvalue weighted by molar-refractivity contribution is 0.0938. The van der Waals surface area contributed by atoms with Crippen LogP contribution in [0.3, 0.4) is 0 Å². The smallest absolute Gasteiger partial charge is 0.271 e. The number of nitrogens with one attached hydrogen (secondary N) is 1. The van der Waals surface area contributed by atoms with Crippen LogP contribution >= 0.6 is 0 Å². The Hall–Kier alpha value is -2.47. The van der Waals surface area contributed by atoms with E-state index in [0.29, 0.717) is 5.69 Å². The molecule has 0 atom stereocenters. The van der Waals surface area contributed by atoms with Crippen molar-refractivity contribution in [2.24, 2.45) is 0 Å². The lowest BCUT2D eigenvalue weighted by Gasteiger charge is -2.06. The maximum atomic E-state index is 11.7. The number of rotatable bonds is 4. The molecule has 1 heterocycles. The molecule has 98 valence electrons. The quantitative estimate of drug-likeness (QED) is 0.806. The van der Waals surface area contributed by atoms with E-state index in [-0.39, 0.29) is 24.4 Å². The van der Waals surface area contributed by atoms with Gasteiger partial charge in [0.25, 0.3) is 11.5 Å². The molecule has 0 radical (unpaired) electrons. The Kier molecular flexibility index (Phi) is 4.04. The van der Waals surface area contributed by atoms with Crippen molar-refractivity contribution in [1.82, 2.24) is 15.1 Å². The van der Waals surface area contributed by atoms with Crippen LogP contribution in [0.1, 0.15) is 10.5 Å². The summed E-state index contributed by atoms with van der Waals surface area (Å²) in [6.45, 7) is -0.00492. The number of amides is 1. The van der Waals surface area contributed by atoms with Crippen LogP contribution in [-0.2, 0) is 0 Å². The zero-order valence-electron chi connectivity index (χ0n) is 10.1. The standard InChI is InChI=1S/C13H13N3O3/c17-9-8-14-13(19)11-6-7-12(18)16(15-11)10-4-2-1-3-5-10/h1-7,17H,8-9H2,(H,14,19). The van der Waals surface area contributed by atoms with Crippen LogP contribution in [0.4, 0.5) is 0 Å². The van der Waals surface area contributed by atoms with E-state index >= 15 is 0 Å². The third-order valence-electron chi connectivity index (χ3n) is 2.43. The summed E-state index contributed by atoms with van der Waals surface area (Å²) in [5.74, 6) is -0.432. The highest BCUT2D eigenvalue weighted by Gasteiger charge is 2.09. The first-order valence-electron chi connectivity index (χ1n) is 5.77. The van der Waals surface area contributed by atoms with Gasteiger partial charge in [-0.2, -0.15) is 9.78 Å². The van der Waals surface area contributed by atoms with Gasteiger partial charge in [0.1, 0.15) is 5.69 Å². The van der Waals surface area contributed by atoms with E-state index in [1.807, 2.05) is 6.07 Å². The second kappa shape index (κ2) is 5.92. The van der Waals surface area contributed by atoms with Crippen LogP contribution in [-0.4, -0.2) is 33.9 Å². The first kappa shape index (κ1) is 13.0. The van der Waals surface area contributed by atoms with Gasteiger partial charge in [-0.1, -0.05) is 18.2 Å². The molecule has 0 fully saturated rings. The van der Waals surface area contributed by atoms with E-state index in [0.717, 1.165) is 4.68 Å². The van der Waals surface area contributed by atoms with Gasteiger partial charge in [-0.05, 0) is 18.2 Å². The van der Waals surface area contributed by atoms with Gasteiger partial charge >= 0.3 is 0 Å². The van der Waals surface area contributed by atoms with Crippen molar-refractivity contribution in [2.45, 2.75) is 0 Å². The summed E-state index contributed by atoms with van der Waals surface area (Å²) in [6, 6.07) is 11.5. The van der Waals surface area contributed by atoms with Gasteiger partial charge in [-0.25, -0.2) is 0 Å². The summed E-state index contributed by atoms with van der Waals surface area (Å²) in [5.41, 5.74) is 0.395. The summed E-state index contributed by atoms with van der Waals surface area (Å²) in [4.78, 5) is 23.4. The molecule has 2 rings (SSSR count). The Morgan fingerprint density at radius 2 is 1.95 bits per heavy atom. The first-order valence-corrected chi connectivity index (χ1v) is 5.77.